The Morgan fingerprint density at radius 3 is 2.38 bits per heavy atom. The maximum atomic E-state index is 12.0. The van der Waals surface area contributed by atoms with Crippen LogP contribution in [0.25, 0.3) is 0 Å². The number of hydrogen-bond acceptors (Lipinski definition) is 2. The van der Waals surface area contributed by atoms with Crippen LogP contribution in [-0.4, -0.2) is 15.7 Å². The van der Waals surface area contributed by atoms with E-state index in [1.165, 1.54) is 0 Å². The number of anilines is 1. The average Bonchev–Trinajstić information content (AvgIpc) is 2.56. The fourth-order valence-electron chi connectivity index (χ4n) is 1.77. The van der Waals surface area contributed by atoms with Gasteiger partial charge in [0.05, 0.1) is 0 Å². The third kappa shape index (κ3) is 2.90. The van der Waals surface area contributed by atoms with Crippen LogP contribution < -0.4 is 11.0 Å². The Balaban J connectivity index is 2.94. The van der Waals surface area contributed by atoms with Gasteiger partial charge >= 0.3 is 5.69 Å². The van der Waals surface area contributed by atoms with Gasteiger partial charge in [-0.15, -0.1) is 0 Å². The Kier molecular flexibility index (Phi) is 5.15. The summed E-state index contributed by atoms with van der Waals surface area (Å²) in [4.78, 5) is 12.0. The molecule has 0 aromatic carbocycles. The van der Waals surface area contributed by atoms with Crippen molar-refractivity contribution in [2.45, 2.75) is 53.1 Å². The van der Waals surface area contributed by atoms with Gasteiger partial charge in [0.2, 0.25) is 0 Å². The molecule has 0 aliphatic carbocycles. The number of aromatic nitrogens is 2. The number of aryl methyl sites for hydroxylation is 1. The molecule has 0 atom stereocenters. The number of nitrogens with zero attached hydrogens (tertiary/aromatic N) is 2. The van der Waals surface area contributed by atoms with E-state index in [2.05, 4.69) is 26.1 Å². The van der Waals surface area contributed by atoms with Crippen LogP contribution in [0.5, 0.6) is 0 Å². The van der Waals surface area contributed by atoms with E-state index >= 15 is 0 Å². The van der Waals surface area contributed by atoms with Crippen molar-refractivity contribution in [3.8, 4) is 0 Å². The summed E-state index contributed by atoms with van der Waals surface area (Å²) in [5.41, 5.74) is 0.113. The van der Waals surface area contributed by atoms with Gasteiger partial charge in [-0.05, 0) is 19.3 Å². The first-order valence-electron chi connectivity index (χ1n) is 6.28. The van der Waals surface area contributed by atoms with Gasteiger partial charge in [-0.25, -0.2) is 4.79 Å². The number of imidazole rings is 1. The van der Waals surface area contributed by atoms with Gasteiger partial charge in [-0.3, -0.25) is 9.13 Å². The van der Waals surface area contributed by atoms with Gasteiger partial charge in [0.1, 0.15) is 5.82 Å². The van der Waals surface area contributed by atoms with Crippen molar-refractivity contribution < 1.29 is 0 Å². The fourth-order valence-corrected chi connectivity index (χ4v) is 1.77. The molecule has 0 aliphatic rings. The molecular weight excluding hydrogens is 202 g/mol. The third-order valence-corrected chi connectivity index (χ3v) is 2.51. The van der Waals surface area contributed by atoms with Crippen LogP contribution in [0.1, 0.15) is 40.0 Å². The van der Waals surface area contributed by atoms with Crippen LogP contribution in [0, 0.1) is 0 Å². The first-order valence-corrected chi connectivity index (χ1v) is 6.28. The van der Waals surface area contributed by atoms with Gasteiger partial charge in [-0.1, -0.05) is 20.8 Å². The average molecular weight is 225 g/mol. The van der Waals surface area contributed by atoms with Crippen LogP contribution in [0.3, 0.4) is 0 Å². The second kappa shape index (κ2) is 6.40. The molecule has 0 aliphatic heterocycles. The highest BCUT2D eigenvalue weighted by Crippen LogP contribution is 2.06. The van der Waals surface area contributed by atoms with Crippen LogP contribution in [-0.2, 0) is 13.1 Å². The summed E-state index contributed by atoms with van der Waals surface area (Å²) in [5.74, 6) is 0.960. The zero-order chi connectivity index (χ0) is 12.0. The van der Waals surface area contributed by atoms with Crippen molar-refractivity contribution in [1.29, 1.82) is 0 Å². The van der Waals surface area contributed by atoms with Crippen LogP contribution in [0.4, 0.5) is 5.82 Å². The Morgan fingerprint density at radius 1 is 1.12 bits per heavy atom. The Morgan fingerprint density at radius 2 is 1.81 bits per heavy atom. The maximum absolute atomic E-state index is 12.0. The van der Waals surface area contributed by atoms with E-state index in [1.807, 2.05) is 10.8 Å². The van der Waals surface area contributed by atoms with Crippen LogP contribution in [0.15, 0.2) is 11.0 Å². The molecule has 0 unspecified atom stereocenters. The molecule has 0 fully saturated rings. The van der Waals surface area contributed by atoms with Gasteiger partial charge in [0, 0.05) is 25.8 Å². The van der Waals surface area contributed by atoms with Crippen molar-refractivity contribution in [1.82, 2.24) is 9.13 Å². The maximum Gasteiger partial charge on any atom is 0.329 e. The van der Waals surface area contributed by atoms with Gasteiger partial charge in [0.25, 0.3) is 0 Å². The monoisotopic (exact) mass is 225 g/mol. The lowest BCUT2D eigenvalue weighted by molar-refractivity contribution is 0.596. The minimum absolute atomic E-state index is 0.113. The molecule has 0 saturated heterocycles. The summed E-state index contributed by atoms with van der Waals surface area (Å²) < 4.78 is 3.64. The van der Waals surface area contributed by atoms with E-state index in [4.69, 9.17) is 0 Å². The second-order valence-electron chi connectivity index (χ2n) is 4.07. The first-order chi connectivity index (χ1) is 7.74. The summed E-state index contributed by atoms with van der Waals surface area (Å²) in [6, 6.07) is 0. The van der Waals surface area contributed by atoms with Crippen molar-refractivity contribution in [3.63, 3.8) is 0 Å². The third-order valence-electron chi connectivity index (χ3n) is 2.51. The molecule has 1 N–H and O–H groups in total. The molecular formula is C12H23N3O. The second-order valence-corrected chi connectivity index (χ2v) is 4.07. The Bertz CT molecular complexity index is 365. The normalized spacial score (nSPS) is 10.7. The lowest BCUT2D eigenvalue weighted by atomic mass is 10.4. The largest absolute Gasteiger partial charge is 0.370 e. The first kappa shape index (κ1) is 12.9. The predicted molar refractivity (Wildman–Crippen MR) is 68.1 cm³/mol. The molecule has 0 spiro atoms. The quantitative estimate of drug-likeness (QED) is 0.773. The number of nitrogens with one attached hydrogen (secondary N) is 1. The van der Waals surface area contributed by atoms with E-state index in [0.717, 1.165) is 44.7 Å². The lowest BCUT2D eigenvalue weighted by Gasteiger charge is -2.06. The summed E-state index contributed by atoms with van der Waals surface area (Å²) >= 11 is 0. The standard InChI is InChI=1S/C12H23N3O/c1-4-7-13-11-10-14(8-5-2)12(16)15(11)9-6-3/h10,13H,4-9H2,1-3H3. The van der Waals surface area contributed by atoms with E-state index in [0.29, 0.717) is 0 Å². The highest BCUT2D eigenvalue weighted by Gasteiger charge is 2.08. The van der Waals surface area contributed by atoms with Crippen molar-refractivity contribution in [3.05, 3.63) is 16.7 Å². The summed E-state index contributed by atoms with van der Waals surface area (Å²) in [5, 5.41) is 3.31. The molecule has 4 heteroatoms. The molecule has 0 radical (unpaired) electrons. The Hall–Kier alpha value is -1.19. The van der Waals surface area contributed by atoms with E-state index in [9.17, 15) is 4.79 Å². The number of hydrogen-bond donors (Lipinski definition) is 1. The molecule has 1 aromatic rings. The lowest BCUT2D eigenvalue weighted by Crippen LogP contribution is -2.25. The SMILES string of the molecule is CCCNc1cn(CCC)c(=O)n1CCC. The van der Waals surface area contributed by atoms with Crippen molar-refractivity contribution in [2.24, 2.45) is 0 Å². The van der Waals surface area contributed by atoms with Crippen molar-refractivity contribution in [2.75, 3.05) is 11.9 Å². The molecule has 4 nitrogen and oxygen atoms in total. The van der Waals surface area contributed by atoms with E-state index in [-0.39, 0.29) is 5.69 Å². The summed E-state index contributed by atoms with van der Waals surface area (Å²) in [6.45, 7) is 8.81. The highest BCUT2D eigenvalue weighted by molar-refractivity contribution is 5.33. The van der Waals surface area contributed by atoms with Crippen LogP contribution >= 0.6 is 0 Å². The Labute approximate surface area is 97.3 Å². The van der Waals surface area contributed by atoms with E-state index < -0.39 is 0 Å². The zero-order valence-electron chi connectivity index (χ0n) is 10.6. The van der Waals surface area contributed by atoms with Gasteiger partial charge in [-0.2, -0.15) is 0 Å². The molecule has 1 heterocycles. The highest BCUT2D eigenvalue weighted by atomic mass is 16.1. The number of rotatable bonds is 7. The fraction of sp³-hybridized carbons (Fsp3) is 0.750. The summed E-state index contributed by atoms with van der Waals surface area (Å²) in [6.07, 6.45) is 4.98. The molecule has 0 amide bonds. The minimum Gasteiger partial charge on any atom is -0.370 e. The molecule has 92 valence electrons. The topological polar surface area (TPSA) is 39.0 Å². The molecule has 0 bridgehead atoms. The summed E-state index contributed by atoms with van der Waals surface area (Å²) in [7, 11) is 0. The smallest absolute Gasteiger partial charge is 0.329 e. The molecule has 0 saturated carbocycles. The zero-order valence-corrected chi connectivity index (χ0v) is 10.6. The van der Waals surface area contributed by atoms with E-state index in [1.54, 1.807) is 4.57 Å². The van der Waals surface area contributed by atoms with Gasteiger partial charge in [0.15, 0.2) is 0 Å². The minimum atomic E-state index is 0.113. The molecule has 1 rings (SSSR count). The van der Waals surface area contributed by atoms with Crippen molar-refractivity contribution >= 4 is 5.82 Å². The molecule has 16 heavy (non-hydrogen) atoms. The van der Waals surface area contributed by atoms with Crippen LogP contribution in [0.2, 0.25) is 0 Å². The predicted octanol–water partition coefficient (Wildman–Crippen LogP) is 2.29. The van der Waals surface area contributed by atoms with Gasteiger partial charge < -0.3 is 5.32 Å². The molecule has 1 aromatic heterocycles.